The molecule has 0 bridgehead atoms. The van der Waals surface area contributed by atoms with E-state index in [4.69, 9.17) is 4.74 Å². The van der Waals surface area contributed by atoms with Crippen LogP contribution < -0.4 is 10.6 Å². The van der Waals surface area contributed by atoms with E-state index < -0.39 is 0 Å². The van der Waals surface area contributed by atoms with Gasteiger partial charge < -0.3 is 20.3 Å². The van der Waals surface area contributed by atoms with Gasteiger partial charge in [-0.25, -0.2) is 4.99 Å². The summed E-state index contributed by atoms with van der Waals surface area (Å²) in [5.74, 6) is 0.649. The normalized spacial score (nSPS) is 19.7. The van der Waals surface area contributed by atoms with Gasteiger partial charge in [-0.2, -0.15) is 0 Å². The Labute approximate surface area is 191 Å². The van der Waals surface area contributed by atoms with Crippen molar-refractivity contribution in [2.45, 2.75) is 57.6 Å². The maximum atomic E-state index is 12.0. The summed E-state index contributed by atoms with van der Waals surface area (Å²) in [6.45, 7) is 3.81. The maximum Gasteiger partial charge on any atom is 0.243 e. The highest BCUT2D eigenvalue weighted by molar-refractivity contribution is 14.0. The molecule has 2 N–H and O–H groups in total. The topological polar surface area (TPSA) is 66.0 Å². The molecule has 6 nitrogen and oxygen atoms in total. The largest absolute Gasteiger partial charge is 0.376 e. The third-order valence-electron chi connectivity index (χ3n) is 5.62. The number of likely N-dealkylation sites (N-methyl/N-ethyl adjacent to an activating group) is 1. The number of nitrogens with zero attached hydrogens (tertiary/aromatic N) is 2. The van der Waals surface area contributed by atoms with Crippen LogP contribution in [0.4, 0.5) is 0 Å². The third kappa shape index (κ3) is 7.13. The Hall–Kier alpha value is -1.35. The van der Waals surface area contributed by atoms with Gasteiger partial charge in [0.25, 0.3) is 0 Å². The quantitative estimate of drug-likeness (QED) is 0.348. The fraction of sp³-hybridized carbons (Fsp3) is 0.636. The van der Waals surface area contributed by atoms with Gasteiger partial charge in [0.15, 0.2) is 5.96 Å². The highest BCUT2D eigenvalue weighted by Gasteiger charge is 2.18. The first kappa shape index (κ1) is 23.9. The molecule has 3 rings (SSSR count). The van der Waals surface area contributed by atoms with Crippen LogP contribution in [0.25, 0.3) is 0 Å². The van der Waals surface area contributed by atoms with Crippen molar-refractivity contribution < 1.29 is 9.53 Å². The summed E-state index contributed by atoms with van der Waals surface area (Å²) in [4.78, 5) is 18.0. The van der Waals surface area contributed by atoms with Gasteiger partial charge in [0.2, 0.25) is 5.91 Å². The summed E-state index contributed by atoms with van der Waals surface area (Å²) in [7, 11) is 3.50. The summed E-state index contributed by atoms with van der Waals surface area (Å²) >= 11 is 0. The zero-order valence-electron chi connectivity index (χ0n) is 17.9. The molecule has 1 aliphatic carbocycles. The number of benzene rings is 1. The zero-order valence-corrected chi connectivity index (χ0v) is 20.2. The Kier molecular flexibility index (Phi) is 9.68. The molecule has 7 heteroatoms. The monoisotopic (exact) mass is 514 g/mol. The smallest absolute Gasteiger partial charge is 0.243 e. The second-order valence-electron chi connectivity index (χ2n) is 8.07. The molecule has 1 aliphatic heterocycles. The molecule has 0 spiro atoms. The molecule has 1 fully saturated rings. The highest BCUT2D eigenvalue weighted by Crippen LogP contribution is 2.24. The first-order valence-electron chi connectivity index (χ1n) is 10.5. The molecule has 2 aliphatic rings. The average Bonchev–Trinajstić information content (AvgIpc) is 3.22. The van der Waals surface area contributed by atoms with Crippen molar-refractivity contribution in [1.29, 1.82) is 0 Å². The van der Waals surface area contributed by atoms with Crippen molar-refractivity contribution in [2.75, 3.05) is 33.8 Å². The van der Waals surface area contributed by atoms with Crippen LogP contribution in [0.2, 0.25) is 0 Å². The maximum absolute atomic E-state index is 12.0. The summed E-state index contributed by atoms with van der Waals surface area (Å²) in [5.41, 5.74) is 4.22. The minimum atomic E-state index is -0.0142. The van der Waals surface area contributed by atoms with Crippen molar-refractivity contribution in [3.05, 3.63) is 34.9 Å². The number of amides is 1. The Morgan fingerprint density at radius 3 is 2.69 bits per heavy atom. The number of nitrogens with one attached hydrogen (secondary N) is 2. The standard InChI is InChI=1S/C22H34N4O2.HI/c1-16(18-11-10-17-7-4-5-8-19(17)13-18)25-22(24-15-21(27)26(2)3)23-14-20-9-6-12-28-20;/h10-11,13,16,20H,4-9,12,14-15H2,1-3H3,(H2,23,24,25);1H. The molecule has 1 aromatic carbocycles. The molecule has 0 saturated carbocycles. The number of halogens is 1. The van der Waals surface area contributed by atoms with Gasteiger partial charge in [-0.1, -0.05) is 18.2 Å². The van der Waals surface area contributed by atoms with E-state index in [0.717, 1.165) is 19.4 Å². The Bertz CT molecular complexity index is 702. The molecular weight excluding hydrogens is 479 g/mol. The summed E-state index contributed by atoms with van der Waals surface area (Å²) in [6, 6.07) is 6.92. The molecular formula is C22H35IN4O2. The van der Waals surface area contributed by atoms with Crippen LogP contribution in [-0.4, -0.2) is 56.7 Å². The van der Waals surface area contributed by atoms with Crippen LogP contribution >= 0.6 is 24.0 Å². The van der Waals surface area contributed by atoms with Crippen LogP contribution in [0.3, 0.4) is 0 Å². The lowest BCUT2D eigenvalue weighted by molar-refractivity contribution is -0.127. The fourth-order valence-electron chi connectivity index (χ4n) is 3.77. The lowest BCUT2D eigenvalue weighted by Crippen LogP contribution is -2.42. The van der Waals surface area contributed by atoms with Crippen molar-refractivity contribution in [1.82, 2.24) is 15.5 Å². The van der Waals surface area contributed by atoms with E-state index in [9.17, 15) is 4.79 Å². The number of carbonyl (C=O) groups excluding carboxylic acids is 1. The van der Waals surface area contributed by atoms with Crippen LogP contribution in [0.15, 0.2) is 23.2 Å². The van der Waals surface area contributed by atoms with Gasteiger partial charge in [-0.3, -0.25) is 4.79 Å². The summed E-state index contributed by atoms with van der Waals surface area (Å²) < 4.78 is 5.70. The lowest BCUT2D eigenvalue weighted by Gasteiger charge is -2.22. The van der Waals surface area contributed by atoms with Crippen molar-refractivity contribution in [2.24, 2.45) is 4.99 Å². The zero-order chi connectivity index (χ0) is 19.9. The number of hydrogen-bond acceptors (Lipinski definition) is 3. The van der Waals surface area contributed by atoms with Crippen LogP contribution in [0.5, 0.6) is 0 Å². The first-order chi connectivity index (χ1) is 13.5. The Morgan fingerprint density at radius 1 is 1.24 bits per heavy atom. The lowest BCUT2D eigenvalue weighted by atomic mass is 9.89. The number of aryl methyl sites for hydroxylation is 2. The average molecular weight is 514 g/mol. The van der Waals surface area contributed by atoms with Crippen molar-refractivity contribution in [3.63, 3.8) is 0 Å². The number of fused-ring (bicyclic) bond motifs is 1. The van der Waals surface area contributed by atoms with Crippen molar-refractivity contribution >= 4 is 35.8 Å². The number of rotatable bonds is 6. The molecule has 1 aromatic rings. The van der Waals surface area contributed by atoms with Gasteiger partial charge in [0.05, 0.1) is 12.1 Å². The SMILES string of the molecule is CC(NC(=NCC(=O)N(C)C)NCC1CCCO1)c1ccc2c(c1)CCCC2.I. The predicted molar refractivity (Wildman–Crippen MR) is 128 cm³/mol. The predicted octanol–water partition coefficient (Wildman–Crippen LogP) is 3.05. The van der Waals surface area contributed by atoms with Crippen LogP contribution in [0.1, 0.15) is 55.3 Å². The molecule has 29 heavy (non-hydrogen) atoms. The minimum absolute atomic E-state index is 0. The molecule has 1 heterocycles. The second-order valence-corrected chi connectivity index (χ2v) is 8.07. The van der Waals surface area contributed by atoms with Crippen LogP contribution in [0, 0.1) is 0 Å². The molecule has 0 radical (unpaired) electrons. The molecule has 2 unspecified atom stereocenters. The van der Waals surface area contributed by atoms with Gasteiger partial charge in [-0.15, -0.1) is 24.0 Å². The number of carbonyl (C=O) groups is 1. The Morgan fingerprint density at radius 2 is 2.00 bits per heavy atom. The van der Waals surface area contributed by atoms with Gasteiger partial charge in [-0.05, 0) is 62.1 Å². The number of guanidine groups is 1. The highest BCUT2D eigenvalue weighted by atomic mass is 127. The number of hydrogen-bond donors (Lipinski definition) is 2. The van der Waals surface area contributed by atoms with Gasteiger partial charge in [0.1, 0.15) is 6.54 Å². The molecule has 162 valence electrons. The van der Waals surface area contributed by atoms with E-state index in [1.54, 1.807) is 19.0 Å². The van der Waals surface area contributed by atoms with Crippen molar-refractivity contribution in [3.8, 4) is 0 Å². The van der Waals surface area contributed by atoms with E-state index in [-0.39, 0.29) is 48.6 Å². The van der Waals surface area contributed by atoms with E-state index in [1.165, 1.54) is 42.4 Å². The van der Waals surface area contributed by atoms with Gasteiger partial charge >= 0.3 is 0 Å². The third-order valence-corrected chi connectivity index (χ3v) is 5.62. The number of aliphatic imine (C=N–C) groups is 1. The molecule has 2 atom stereocenters. The van der Waals surface area contributed by atoms with Crippen LogP contribution in [-0.2, 0) is 22.4 Å². The van der Waals surface area contributed by atoms with E-state index >= 15 is 0 Å². The van der Waals surface area contributed by atoms with Gasteiger partial charge in [0, 0.05) is 27.2 Å². The summed E-state index contributed by atoms with van der Waals surface area (Å²) in [6.07, 6.45) is 7.33. The fourth-order valence-corrected chi connectivity index (χ4v) is 3.77. The Balaban J connectivity index is 0.00000300. The molecule has 1 amide bonds. The minimum Gasteiger partial charge on any atom is -0.376 e. The summed E-state index contributed by atoms with van der Waals surface area (Å²) in [5, 5.41) is 6.83. The molecule has 0 aromatic heterocycles. The molecule has 1 saturated heterocycles. The van der Waals surface area contributed by atoms with E-state index in [0.29, 0.717) is 12.5 Å². The van der Waals surface area contributed by atoms with E-state index in [2.05, 4.69) is 40.7 Å². The second kappa shape index (κ2) is 11.7. The first-order valence-corrected chi connectivity index (χ1v) is 10.5. The van der Waals surface area contributed by atoms with E-state index in [1.807, 2.05) is 0 Å². The number of ether oxygens (including phenoxy) is 1.